The number of nitrogens with two attached hydrogens (primary N) is 1. The molecule has 0 spiro atoms. The summed E-state index contributed by atoms with van der Waals surface area (Å²) in [4.78, 5) is 2.37. The highest BCUT2D eigenvalue weighted by molar-refractivity contribution is 6.02. The van der Waals surface area contributed by atoms with E-state index in [9.17, 15) is 0 Å². The number of aryl methyl sites for hydroxylation is 1. The van der Waals surface area contributed by atoms with Crippen molar-refractivity contribution in [1.82, 2.24) is 0 Å². The Morgan fingerprint density at radius 1 is 1.42 bits per heavy atom. The average molecular weight is 261 g/mol. The fourth-order valence-electron chi connectivity index (χ4n) is 2.92. The van der Waals surface area contributed by atoms with Crippen molar-refractivity contribution in [2.45, 2.75) is 39.7 Å². The Bertz CT molecular complexity index is 484. The molecule has 1 aromatic rings. The highest BCUT2D eigenvalue weighted by atomic mass is 16.4. The van der Waals surface area contributed by atoms with Crippen LogP contribution in [0.1, 0.15) is 37.8 Å². The summed E-state index contributed by atoms with van der Waals surface area (Å²) in [6.45, 7) is 7.58. The summed E-state index contributed by atoms with van der Waals surface area (Å²) < 4.78 is 0. The third kappa shape index (κ3) is 2.83. The Hall–Kier alpha value is -1.71. The van der Waals surface area contributed by atoms with Crippen LogP contribution in [0.2, 0.25) is 0 Å². The van der Waals surface area contributed by atoms with Crippen LogP contribution in [0.3, 0.4) is 0 Å². The standard InChI is InChI=1S/C15H23N3O/c1-10-4-5-14(13(9-10)15(16)17-19)18-7-6-11(2)8-12(18)3/h4-5,9,11-12,19H,6-8H2,1-3H3,(H2,16,17). The van der Waals surface area contributed by atoms with E-state index < -0.39 is 0 Å². The Morgan fingerprint density at radius 3 is 2.79 bits per heavy atom. The van der Waals surface area contributed by atoms with Crippen molar-refractivity contribution in [3.05, 3.63) is 29.3 Å². The van der Waals surface area contributed by atoms with Crippen LogP contribution in [0.5, 0.6) is 0 Å². The van der Waals surface area contributed by atoms with E-state index in [-0.39, 0.29) is 5.84 Å². The van der Waals surface area contributed by atoms with Gasteiger partial charge in [-0.25, -0.2) is 0 Å². The van der Waals surface area contributed by atoms with E-state index in [1.54, 1.807) is 0 Å². The summed E-state index contributed by atoms with van der Waals surface area (Å²) in [5.41, 5.74) is 8.82. The van der Waals surface area contributed by atoms with Crippen molar-refractivity contribution in [2.75, 3.05) is 11.4 Å². The minimum Gasteiger partial charge on any atom is -0.409 e. The lowest BCUT2D eigenvalue weighted by molar-refractivity contribution is 0.318. The maximum Gasteiger partial charge on any atom is 0.172 e. The Kier molecular flexibility index (Phi) is 3.98. The molecule has 2 rings (SSSR count). The Morgan fingerprint density at radius 2 is 2.16 bits per heavy atom. The number of nitrogens with zero attached hydrogens (tertiary/aromatic N) is 2. The van der Waals surface area contributed by atoms with Gasteiger partial charge in [0, 0.05) is 23.8 Å². The highest BCUT2D eigenvalue weighted by Crippen LogP contribution is 2.30. The van der Waals surface area contributed by atoms with Gasteiger partial charge in [0.1, 0.15) is 0 Å². The third-order valence-electron chi connectivity index (χ3n) is 3.98. The summed E-state index contributed by atoms with van der Waals surface area (Å²) >= 11 is 0. The fraction of sp³-hybridized carbons (Fsp3) is 0.533. The zero-order valence-corrected chi connectivity index (χ0v) is 11.9. The molecular formula is C15H23N3O. The third-order valence-corrected chi connectivity index (χ3v) is 3.98. The number of benzene rings is 1. The van der Waals surface area contributed by atoms with Gasteiger partial charge in [-0.15, -0.1) is 0 Å². The molecule has 2 unspecified atom stereocenters. The SMILES string of the molecule is Cc1ccc(N2CCC(C)CC2C)c(/C(N)=N/O)c1. The molecule has 0 aliphatic carbocycles. The molecule has 1 aliphatic heterocycles. The minimum absolute atomic E-state index is 0.185. The number of amidine groups is 1. The highest BCUT2D eigenvalue weighted by Gasteiger charge is 2.25. The van der Waals surface area contributed by atoms with Crippen LogP contribution < -0.4 is 10.6 Å². The van der Waals surface area contributed by atoms with Gasteiger partial charge in [-0.3, -0.25) is 0 Å². The van der Waals surface area contributed by atoms with E-state index in [4.69, 9.17) is 10.9 Å². The first-order chi connectivity index (χ1) is 9.02. The molecule has 19 heavy (non-hydrogen) atoms. The van der Waals surface area contributed by atoms with E-state index in [2.05, 4.69) is 36.0 Å². The van der Waals surface area contributed by atoms with E-state index in [1.165, 1.54) is 12.8 Å². The molecule has 1 saturated heterocycles. The van der Waals surface area contributed by atoms with E-state index in [0.717, 1.165) is 29.3 Å². The summed E-state index contributed by atoms with van der Waals surface area (Å²) in [5.74, 6) is 0.952. The Labute approximate surface area is 114 Å². The molecule has 1 aliphatic rings. The van der Waals surface area contributed by atoms with Gasteiger partial charge in [-0.2, -0.15) is 0 Å². The monoisotopic (exact) mass is 261 g/mol. The van der Waals surface area contributed by atoms with Crippen LogP contribution in [0.15, 0.2) is 23.4 Å². The lowest BCUT2D eigenvalue weighted by Gasteiger charge is -2.39. The second-order valence-corrected chi connectivity index (χ2v) is 5.68. The molecule has 4 heteroatoms. The maximum absolute atomic E-state index is 8.95. The van der Waals surface area contributed by atoms with Crippen LogP contribution >= 0.6 is 0 Å². The minimum atomic E-state index is 0.185. The molecule has 2 atom stereocenters. The molecule has 3 N–H and O–H groups in total. The largest absolute Gasteiger partial charge is 0.409 e. The normalized spacial score (nSPS) is 24.6. The second kappa shape index (κ2) is 5.51. The van der Waals surface area contributed by atoms with Crippen molar-refractivity contribution < 1.29 is 5.21 Å². The molecule has 1 fully saturated rings. The van der Waals surface area contributed by atoms with Gasteiger partial charge in [0.2, 0.25) is 0 Å². The summed E-state index contributed by atoms with van der Waals surface area (Å²) in [6, 6.07) is 6.62. The molecule has 104 valence electrons. The molecule has 0 saturated carbocycles. The van der Waals surface area contributed by atoms with Crippen molar-refractivity contribution in [2.24, 2.45) is 16.8 Å². The molecule has 0 aromatic heterocycles. The second-order valence-electron chi connectivity index (χ2n) is 5.68. The van der Waals surface area contributed by atoms with E-state index in [1.807, 2.05) is 13.0 Å². The lowest BCUT2D eigenvalue weighted by Crippen LogP contribution is -2.41. The van der Waals surface area contributed by atoms with Crippen LogP contribution in [0, 0.1) is 12.8 Å². The van der Waals surface area contributed by atoms with Gasteiger partial charge >= 0.3 is 0 Å². The maximum atomic E-state index is 8.95. The molecule has 0 radical (unpaired) electrons. The van der Waals surface area contributed by atoms with Crippen molar-refractivity contribution >= 4 is 11.5 Å². The van der Waals surface area contributed by atoms with Crippen molar-refractivity contribution in [3.63, 3.8) is 0 Å². The Balaban J connectivity index is 2.39. The smallest absolute Gasteiger partial charge is 0.172 e. The number of anilines is 1. The predicted octanol–water partition coefficient (Wildman–Crippen LogP) is 2.71. The number of rotatable bonds is 2. The average Bonchev–Trinajstić information content (AvgIpc) is 2.38. The van der Waals surface area contributed by atoms with Crippen LogP contribution in [0.25, 0.3) is 0 Å². The first-order valence-corrected chi connectivity index (χ1v) is 6.88. The number of piperidine rings is 1. The van der Waals surface area contributed by atoms with Gasteiger partial charge in [0.15, 0.2) is 5.84 Å². The number of hydrogen-bond donors (Lipinski definition) is 2. The quantitative estimate of drug-likeness (QED) is 0.372. The lowest BCUT2D eigenvalue weighted by atomic mass is 9.92. The summed E-state index contributed by atoms with van der Waals surface area (Å²) in [6.07, 6.45) is 2.37. The van der Waals surface area contributed by atoms with Crippen LogP contribution in [-0.4, -0.2) is 23.6 Å². The predicted molar refractivity (Wildman–Crippen MR) is 78.9 cm³/mol. The number of oxime groups is 1. The summed E-state index contributed by atoms with van der Waals surface area (Å²) in [7, 11) is 0. The first-order valence-electron chi connectivity index (χ1n) is 6.88. The van der Waals surface area contributed by atoms with Gasteiger partial charge < -0.3 is 15.8 Å². The molecule has 1 aromatic carbocycles. The summed E-state index contributed by atoms with van der Waals surface area (Å²) in [5, 5.41) is 12.1. The zero-order valence-electron chi connectivity index (χ0n) is 11.9. The number of hydrogen-bond acceptors (Lipinski definition) is 3. The van der Waals surface area contributed by atoms with Crippen LogP contribution in [0.4, 0.5) is 5.69 Å². The van der Waals surface area contributed by atoms with Gasteiger partial charge in [0.25, 0.3) is 0 Å². The van der Waals surface area contributed by atoms with Gasteiger partial charge in [-0.1, -0.05) is 23.7 Å². The van der Waals surface area contributed by atoms with Gasteiger partial charge in [-0.05, 0) is 44.7 Å². The first kappa shape index (κ1) is 13.7. The molecular weight excluding hydrogens is 238 g/mol. The topological polar surface area (TPSA) is 61.8 Å². The van der Waals surface area contributed by atoms with Crippen molar-refractivity contribution in [3.8, 4) is 0 Å². The fourth-order valence-corrected chi connectivity index (χ4v) is 2.92. The zero-order chi connectivity index (χ0) is 14.0. The molecule has 0 bridgehead atoms. The molecule has 1 heterocycles. The van der Waals surface area contributed by atoms with Gasteiger partial charge in [0.05, 0.1) is 0 Å². The van der Waals surface area contributed by atoms with E-state index in [0.29, 0.717) is 6.04 Å². The van der Waals surface area contributed by atoms with E-state index >= 15 is 0 Å². The van der Waals surface area contributed by atoms with Crippen molar-refractivity contribution in [1.29, 1.82) is 0 Å². The molecule has 0 amide bonds. The molecule has 4 nitrogen and oxygen atoms in total. The van der Waals surface area contributed by atoms with Crippen LogP contribution in [-0.2, 0) is 0 Å².